The summed E-state index contributed by atoms with van der Waals surface area (Å²) in [6.45, 7) is 3.20. The van der Waals surface area contributed by atoms with E-state index in [-0.39, 0.29) is 34.6 Å². The molecule has 1 fully saturated rings. The van der Waals surface area contributed by atoms with Gasteiger partial charge in [0.2, 0.25) is 23.0 Å². The van der Waals surface area contributed by atoms with Crippen molar-refractivity contribution < 1.29 is 31.4 Å². The molecule has 0 unspecified atom stereocenters. The van der Waals surface area contributed by atoms with Crippen molar-refractivity contribution in [3.63, 3.8) is 0 Å². The average molecular weight is 879 g/mol. The van der Waals surface area contributed by atoms with Crippen molar-refractivity contribution in [2.45, 2.75) is 19.3 Å². The molecule has 4 aromatic carbocycles. The van der Waals surface area contributed by atoms with Crippen LogP contribution in [-0.4, -0.2) is 71.6 Å². The van der Waals surface area contributed by atoms with Crippen LogP contribution in [0.1, 0.15) is 11.1 Å². The minimum Gasteiger partial charge on any atom is -0.456 e. The molecule has 0 bridgehead atoms. The molecule has 0 radical (unpaired) electrons. The molecule has 0 saturated carbocycles. The van der Waals surface area contributed by atoms with E-state index >= 15 is 0 Å². The van der Waals surface area contributed by atoms with Gasteiger partial charge in [0.25, 0.3) is 0 Å². The zero-order valence-electron chi connectivity index (χ0n) is 34.0. The molecule has 4 N–H and O–H groups in total. The monoisotopic (exact) mass is 878 g/mol. The van der Waals surface area contributed by atoms with Crippen LogP contribution in [0.25, 0.3) is 22.1 Å². The van der Waals surface area contributed by atoms with E-state index in [1.54, 1.807) is 66.2 Å². The van der Waals surface area contributed by atoms with Gasteiger partial charge in [0.1, 0.15) is 34.6 Å². The van der Waals surface area contributed by atoms with Gasteiger partial charge in [-0.15, -0.1) is 0 Å². The number of alkyl halides is 3. The number of aromatic amines is 2. The van der Waals surface area contributed by atoms with Gasteiger partial charge in [-0.25, -0.2) is 18.7 Å². The normalized spacial score (nSPS) is 13.7. The number of rotatable bonds is 13. The first kappa shape index (κ1) is 41.8. The molecule has 5 heterocycles. The summed E-state index contributed by atoms with van der Waals surface area (Å²) in [5.74, 6) is 0.941. The number of halogens is 5. The van der Waals surface area contributed by atoms with Crippen LogP contribution in [0.3, 0.4) is 0 Å². The lowest BCUT2D eigenvalue weighted by Crippen LogP contribution is -2.46. The van der Waals surface area contributed by atoms with Crippen molar-refractivity contribution in [3.05, 3.63) is 153 Å². The number of aromatic nitrogens is 6. The number of ether oxygens (including phenoxy) is 2. The van der Waals surface area contributed by atoms with Gasteiger partial charge >= 0.3 is 6.18 Å². The molecule has 0 atom stereocenters. The highest BCUT2D eigenvalue weighted by molar-refractivity contribution is 5.82. The number of aryl methyl sites for hydroxylation is 1. The number of H-pyrrole nitrogens is 2. The van der Waals surface area contributed by atoms with E-state index in [0.717, 1.165) is 18.2 Å². The van der Waals surface area contributed by atoms with Crippen molar-refractivity contribution in [1.29, 1.82) is 0 Å². The number of fused-ring (bicyclic) bond motifs is 2. The van der Waals surface area contributed by atoms with Crippen LogP contribution in [0.15, 0.2) is 119 Å². The number of benzene rings is 4. The Morgan fingerprint density at radius 3 is 1.89 bits per heavy atom. The van der Waals surface area contributed by atoms with Crippen LogP contribution >= 0.6 is 0 Å². The molecule has 0 spiro atoms. The summed E-state index contributed by atoms with van der Waals surface area (Å²) in [6.07, 6.45) is -1.72. The Balaban J connectivity index is 0.868. The topological polar surface area (TPSA) is 150 Å². The molecular weight excluding hydrogens is 840 g/mol. The lowest BCUT2D eigenvalue weighted by Gasteiger charge is -2.35. The molecule has 64 heavy (non-hydrogen) atoms. The Kier molecular flexibility index (Phi) is 11.3. The van der Waals surface area contributed by atoms with Gasteiger partial charge in [0, 0.05) is 101 Å². The Morgan fingerprint density at radius 1 is 0.656 bits per heavy atom. The first-order valence-corrected chi connectivity index (χ1v) is 20.2. The Bertz CT molecular complexity index is 3080. The van der Waals surface area contributed by atoms with Crippen molar-refractivity contribution in [3.8, 4) is 23.0 Å². The first-order chi connectivity index (χ1) is 30.8. The summed E-state index contributed by atoms with van der Waals surface area (Å²) in [4.78, 5) is 41.5. The van der Waals surface area contributed by atoms with E-state index in [1.807, 2.05) is 9.47 Å². The van der Waals surface area contributed by atoms with Crippen molar-refractivity contribution in [2.75, 3.05) is 43.4 Å². The van der Waals surface area contributed by atoms with Crippen LogP contribution in [0.5, 0.6) is 23.0 Å². The Morgan fingerprint density at radius 2 is 1.27 bits per heavy atom. The fraction of sp³-hybridized carbons (Fsp3) is 0.200. The zero-order valence-corrected chi connectivity index (χ0v) is 34.0. The van der Waals surface area contributed by atoms with Gasteiger partial charge in [-0.1, -0.05) is 6.07 Å². The molecule has 0 aliphatic carbocycles. The van der Waals surface area contributed by atoms with E-state index in [1.165, 1.54) is 36.7 Å². The molecule has 328 valence electrons. The standard InChI is InChI=1S/C45H39F5N10O4/c1-57-39-22-30(63-32-7-12-41(61)51-24-32)5-10-37(39)55-43(57)53-29-4-2-27(34(21-29)45(48,49)50)26-59-16-14-58(15-17-59)18-19-60-40-23-31(64-33-8-13-42(62)52-25-33)6-11-38(40)56-44(60)54-36-9-3-28(46)20-35(36)47/h2-13,20-25H,14-19,26H2,1H3,(H,51,61)(H,52,62)(H,53,55)(H,54,56). The number of hydrogen-bond acceptors (Lipinski definition) is 10. The predicted octanol–water partition coefficient (Wildman–Crippen LogP) is 8.49. The molecule has 19 heteroatoms. The fourth-order valence-electron chi connectivity index (χ4n) is 7.57. The molecule has 8 aromatic rings. The number of pyridine rings is 2. The maximum atomic E-state index is 14.8. The highest BCUT2D eigenvalue weighted by Gasteiger charge is 2.34. The van der Waals surface area contributed by atoms with E-state index in [4.69, 9.17) is 14.5 Å². The predicted molar refractivity (Wildman–Crippen MR) is 231 cm³/mol. The smallest absolute Gasteiger partial charge is 0.416 e. The van der Waals surface area contributed by atoms with Gasteiger partial charge in [0.15, 0.2) is 0 Å². The number of imidazole rings is 2. The third-order valence-electron chi connectivity index (χ3n) is 10.9. The van der Waals surface area contributed by atoms with E-state index in [9.17, 15) is 31.5 Å². The SMILES string of the molecule is Cn1c(Nc2ccc(CN3CCN(CCn4c(Nc5ccc(F)cc5F)nc5ccc(Oc6ccc(=O)[nH]c6)cc54)CC3)c(C(F)(F)F)c2)nc2ccc(Oc3ccc(=O)[nH]c3)cc21. The molecule has 1 aliphatic rings. The fourth-order valence-corrected chi connectivity index (χ4v) is 7.57. The summed E-state index contributed by atoms with van der Waals surface area (Å²) in [5, 5.41) is 6.05. The maximum Gasteiger partial charge on any atom is 0.416 e. The van der Waals surface area contributed by atoms with Crippen LogP contribution in [0, 0.1) is 11.6 Å². The summed E-state index contributed by atoms with van der Waals surface area (Å²) in [5.41, 5.74) is 1.66. The molecule has 9 rings (SSSR count). The molecule has 4 aromatic heterocycles. The molecule has 1 aliphatic heterocycles. The summed E-state index contributed by atoms with van der Waals surface area (Å²) in [7, 11) is 1.74. The zero-order chi connectivity index (χ0) is 44.5. The van der Waals surface area contributed by atoms with Gasteiger partial charge in [-0.05, 0) is 66.2 Å². The molecular formula is C45H39F5N10O4. The second-order valence-electron chi connectivity index (χ2n) is 15.2. The van der Waals surface area contributed by atoms with Gasteiger partial charge in [-0.3, -0.25) is 19.4 Å². The lowest BCUT2D eigenvalue weighted by molar-refractivity contribution is -0.138. The number of nitrogens with zero attached hydrogens (tertiary/aromatic N) is 6. The second kappa shape index (κ2) is 17.3. The highest BCUT2D eigenvalue weighted by atomic mass is 19.4. The number of anilines is 4. The van der Waals surface area contributed by atoms with Gasteiger partial charge in [0.05, 0.1) is 33.3 Å². The number of piperazine rings is 1. The Labute approximate surface area is 360 Å². The first-order valence-electron chi connectivity index (χ1n) is 20.2. The van der Waals surface area contributed by atoms with Crippen LogP contribution < -0.4 is 31.2 Å². The van der Waals surface area contributed by atoms with Crippen molar-refractivity contribution in [1.82, 2.24) is 38.9 Å². The summed E-state index contributed by atoms with van der Waals surface area (Å²) in [6, 6.07) is 23.6. The molecule has 1 saturated heterocycles. The largest absolute Gasteiger partial charge is 0.456 e. The summed E-state index contributed by atoms with van der Waals surface area (Å²) >= 11 is 0. The van der Waals surface area contributed by atoms with Crippen LogP contribution in [-0.2, 0) is 26.3 Å². The second-order valence-corrected chi connectivity index (χ2v) is 15.2. The van der Waals surface area contributed by atoms with Crippen LogP contribution in [0.4, 0.5) is 45.2 Å². The van der Waals surface area contributed by atoms with E-state index < -0.39 is 23.4 Å². The quantitative estimate of drug-likeness (QED) is 0.0831. The molecule has 14 nitrogen and oxygen atoms in total. The minimum atomic E-state index is -4.61. The van der Waals surface area contributed by atoms with Crippen molar-refractivity contribution >= 4 is 45.3 Å². The van der Waals surface area contributed by atoms with Crippen LogP contribution in [0.2, 0.25) is 0 Å². The minimum absolute atomic E-state index is 0.0362. The van der Waals surface area contributed by atoms with Gasteiger partial charge < -0.3 is 39.2 Å². The van der Waals surface area contributed by atoms with Gasteiger partial charge in [-0.2, -0.15) is 13.2 Å². The number of hydrogen-bond donors (Lipinski definition) is 4. The molecule has 0 amide bonds. The number of nitrogens with one attached hydrogen (secondary N) is 4. The summed E-state index contributed by atoms with van der Waals surface area (Å²) < 4.78 is 87.7. The highest BCUT2D eigenvalue weighted by Crippen LogP contribution is 2.36. The lowest BCUT2D eigenvalue weighted by atomic mass is 10.0. The third-order valence-corrected chi connectivity index (χ3v) is 10.9. The average Bonchev–Trinajstić information content (AvgIpc) is 3.77. The van der Waals surface area contributed by atoms with E-state index in [2.05, 4.69) is 30.5 Å². The van der Waals surface area contributed by atoms with E-state index in [0.29, 0.717) is 96.2 Å². The Hall–Kier alpha value is -7.51. The maximum absolute atomic E-state index is 14.8. The third kappa shape index (κ3) is 9.30. The van der Waals surface area contributed by atoms with Crippen molar-refractivity contribution in [2.24, 2.45) is 7.05 Å².